The molecule has 0 saturated carbocycles. The summed E-state index contributed by atoms with van der Waals surface area (Å²) in [7, 11) is 1.43. The second kappa shape index (κ2) is 4.54. The van der Waals surface area contributed by atoms with E-state index in [1.807, 2.05) is 0 Å². The molecule has 1 saturated heterocycles. The van der Waals surface area contributed by atoms with Crippen LogP contribution in [0, 0.1) is 10.1 Å². The van der Waals surface area contributed by atoms with Gasteiger partial charge in [-0.1, -0.05) is 0 Å². The zero-order chi connectivity index (χ0) is 10.7. The van der Waals surface area contributed by atoms with E-state index in [0.29, 0.717) is 0 Å². The van der Waals surface area contributed by atoms with Gasteiger partial charge in [0.15, 0.2) is 6.29 Å². The molecule has 1 heterocycles. The Morgan fingerprint density at radius 3 is 2.79 bits per heavy atom. The molecule has 0 aliphatic carbocycles. The number of nitrogens with zero attached hydrogens (tertiary/aromatic N) is 1. The van der Waals surface area contributed by atoms with Gasteiger partial charge in [-0.05, 0) is 6.92 Å². The lowest BCUT2D eigenvalue weighted by atomic mass is 10.0. The lowest BCUT2D eigenvalue weighted by Gasteiger charge is -2.35. The quantitative estimate of drug-likeness (QED) is 0.505. The number of aliphatic hydroxyl groups excluding tert-OH is 1. The van der Waals surface area contributed by atoms with Gasteiger partial charge in [-0.2, -0.15) is 0 Å². The van der Waals surface area contributed by atoms with Crippen molar-refractivity contribution in [2.24, 2.45) is 0 Å². The molecule has 0 bridgehead atoms. The molecule has 7 heteroatoms. The van der Waals surface area contributed by atoms with E-state index in [-0.39, 0.29) is 6.42 Å². The first-order chi connectivity index (χ1) is 6.54. The molecule has 0 amide bonds. The fourth-order valence-electron chi connectivity index (χ4n) is 1.37. The Morgan fingerprint density at radius 1 is 1.64 bits per heavy atom. The average molecular weight is 207 g/mol. The van der Waals surface area contributed by atoms with Crippen LogP contribution >= 0.6 is 0 Å². The highest BCUT2D eigenvalue weighted by atomic mass is 17.0. The number of methoxy groups -OCH3 is 1. The Morgan fingerprint density at radius 2 is 2.29 bits per heavy atom. The smallest absolute Gasteiger partial charge is 0.294 e. The van der Waals surface area contributed by atoms with Gasteiger partial charge in [0.05, 0.1) is 6.10 Å². The summed E-state index contributed by atoms with van der Waals surface area (Å²) in [6.07, 6.45) is -2.87. The minimum atomic E-state index is -1.01. The Kier molecular flexibility index (Phi) is 3.62. The number of hydrogen-bond donors (Lipinski definition) is 1. The third-order valence-electron chi connectivity index (χ3n) is 2.14. The maximum absolute atomic E-state index is 10.1. The van der Waals surface area contributed by atoms with Gasteiger partial charge in [0.2, 0.25) is 0 Å². The van der Waals surface area contributed by atoms with Crippen LogP contribution < -0.4 is 0 Å². The van der Waals surface area contributed by atoms with E-state index in [2.05, 4.69) is 4.84 Å². The molecule has 1 aliphatic heterocycles. The number of hydrogen-bond acceptors (Lipinski definition) is 6. The summed E-state index contributed by atoms with van der Waals surface area (Å²) < 4.78 is 10.1. The minimum Gasteiger partial charge on any atom is -0.388 e. The molecular formula is C7H13NO6. The second-order valence-corrected chi connectivity index (χ2v) is 3.10. The topological polar surface area (TPSA) is 91.1 Å². The van der Waals surface area contributed by atoms with E-state index >= 15 is 0 Å². The van der Waals surface area contributed by atoms with Gasteiger partial charge in [0, 0.05) is 13.5 Å². The van der Waals surface area contributed by atoms with Gasteiger partial charge in [0.1, 0.15) is 12.2 Å². The Bertz CT molecular complexity index is 210. The van der Waals surface area contributed by atoms with Crippen LogP contribution in [0.3, 0.4) is 0 Å². The highest BCUT2D eigenvalue weighted by molar-refractivity contribution is 4.80. The number of rotatable bonds is 3. The predicted molar refractivity (Wildman–Crippen MR) is 43.8 cm³/mol. The van der Waals surface area contributed by atoms with Gasteiger partial charge < -0.3 is 19.4 Å². The molecule has 0 radical (unpaired) electrons. The Balaban J connectivity index is 2.57. The lowest BCUT2D eigenvalue weighted by Crippen LogP contribution is -2.49. The van der Waals surface area contributed by atoms with E-state index in [4.69, 9.17) is 9.47 Å². The van der Waals surface area contributed by atoms with Gasteiger partial charge >= 0.3 is 0 Å². The van der Waals surface area contributed by atoms with Crippen molar-refractivity contribution in [3.63, 3.8) is 0 Å². The minimum absolute atomic E-state index is 0.142. The van der Waals surface area contributed by atoms with Crippen LogP contribution in [0.4, 0.5) is 0 Å². The highest BCUT2D eigenvalue weighted by Crippen LogP contribution is 2.22. The SMILES string of the molecule is CO[C@@H]1C[C@H](O[N+](=O)[O-])[C@@H](O)[C@@H](C)O1. The van der Waals surface area contributed by atoms with Crippen molar-refractivity contribution >= 4 is 0 Å². The van der Waals surface area contributed by atoms with Crippen molar-refractivity contribution in [3.05, 3.63) is 10.1 Å². The first-order valence-corrected chi connectivity index (χ1v) is 4.22. The molecule has 0 aromatic heterocycles. The van der Waals surface area contributed by atoms with E-state index in [1.54, 1.807) is 6.92 Å². The van der Waals surface area contributed by atoms with Crippen molar-refractivity contribution < 1.29 is 24.5 Å². The third-order valence-corrected chi connectivity index (χ3v) is 2.14. The lowest BCUT2D eigenvalue weighted by molar-refractivity contribution is -0.772. The molecule has 0 aromatic carbocycles. The average Bonchev–Trinajstić information content (AvgIpc) is 2.11. The highest BCUT2D eigenvalue weighted by Gasteiger charge is 2.37. The summed E-state index contributed by atoms with van der Waals surface area (Å²) in [6.45, 7) is 1.60. The summed E-state index contributed by atoms with van der Waals surface area (Å²) in [5.74, 6) is 0. The van der Waals surface area contributed by atoms with Crippen molar-refractivity contribution in [1.82, 2.24) is 0 Å². The molecule has 1 fully saturated rings. The second-order valence-electron chi connectivity index (χ2n) is 3.10. The van der Waals surface area contributed by atoms with Crippen LogP contribution in [0.2, 0.25) is 0 Å². The molecule has 0 unspecified atom stereocenters. The summed E-state index contributed by atoms with van der Waals surface area (Å²) in [5.41, 5.74) is 0. The first-order valence-electron chi connectivity index (χ1n) is 4.22. The largest absolute Gasteiger partial charge is 0.388 e. The fraction of sp³-hybridized carbons (Fsp3) is 1.00. The Hall–Kier alpha value is -0.920. The van der Waals surface area contributed by atoms with Crippen molar-refractivity contribution in [1.29, 1.82) is 0 Å². The molecule has 4 atom stereocenters. The number of aliphatic hydroxyl groups is 1. The molecule has 0 aromatic rings. The maximum Gasteiger partial charge on any atom is 0.294 e. The van der Waals surface area contributed by atoms with Crippen LogP contribution in [0.5, 0.6) is 0 Å². The maximum atomic E-state index is 10.1. The van der Waals surface area contributed by atoms with E-state index in [9.17, 15) is 15.2 Å². The molecule has 1 aliphatic rings. The normalized spacial score (nSPS) is 37.9. The summed E-state index contributed by atoms with van der Waals surface area (Å²) in [5, 5.41) is 18.7. The van der Waals surface area contributed by atoms with Crippen LogP contribution in [0.15, 0.2) is 0 Å². The molecule has 14 heavy (non-hydrogen) atoms. The Labute approximate surface area is 80.7 Å². The summed E-state index contributed by atoms with van der Waals surface area (Å²) in [6, 6.07) is 0. The van der Waals surface area contributed by atoms with Crippen LogP contribution in [0.25, 0.3) is 0 Å². The molecule has 1 rings (SSSR count). The predicted octanol–water partition coefficient (Wildman–Crippen LogP) is -0.295. The zero-order valence-corrected chi connectivity index (χ0v) is 7.95. The molecule has 82 valence electrons. The molecular weight excluding hydrogens is 194 g/mol. The molecule has 7 nitrogen and oxygen atoms in total. The van der Waals surface area contributed by atoms with Crippen molar-refractivity contribution in [2.75, 3.05) is 7.11 Å². The first kappa shape index (κ1) is 11.2. The zero-order valence-electron chi connectivity index (χ0n) is 7.95. The summed E-state index contributed by atoms with van der Waals surface area (Å²) >= 11 is 0. The van der Waals surface area contributed by atoms with Gasteiger partial charge in [0.25, 0.3) is 5.09 Å². The van der Waals surface area contributed by atoms with E-state index in [0.717, 1.165) is 0 Å². The molecule has 1 N–H and O–H groups in total. The van der Waals surface area contributed by atoms with Crippen LogP contribution in [0.1, 0.15) is 13.3 Å². The van der Waals surface area contributed by atoms with Gasteiger partial charge in [-0.3, -0.25) is 0 Å². The van der Waals surface area contributed by atoms with E-state index in [1.165, 1.54) is 7.11 Å². The summed E-state index contributed by atoms with van der Waals surface area (Å²) in [4.78, 5) is 14.4. The van der Waals surface area contributed by atoms with Crippen LogP contribution in [-0.2, 0) is 14.3 Å². The van der Waals surface area contributed by atoms with Gasteiger partial charge in [-0.15, -0.1) is 10.1 Å². The number of ether oxygens (including phenoxy) is 2. The monoisotopic (exact) mass is 207 g/mol. The third kappa shape index (κ3) is 2.53. The fourth-order valence-corrected chi connectivity index (χ4v) is 1.37. The van der Waals surface area contributed by atoms with Gasteiger partial charge in [-0.25, -0.2) is 0 Å². The standard InChI is InChI=1S/C7H13NO6/c1-4-7(9)5(14-8(10)11)3-6(12-2)13-4/h4-7,9H,3H2,1-2H3/t4-,5+,6+,7+/m1/s1. The van der Waals surface area contributed by atoms with E-state index < -0.39 is 29.7 Å². The van der Waals surface area contributed by atoms with Crippen LogP contribution in [-0.4, -0.2) is 41.9 Å². The van der Waals surface area contributed by atoms with Crippen molar-refractivity contribution in [3.8, 4) is 0 Å². The van der Waals surface area contributed by atoms with Crippen molar-refractivity contribution in [2.45, 2.75) is 37.9 Å². The molecule has 0 spiro atoms.